The van der Waals surface area contributed by atoms with E-state index in [-0.39, 0.29) is 0 Å². The van der Waals surface area contributed by atoms with Crippen molar-refractivity contribution in [2.24, 2.45) is 5.73 Å². The number of rotatable bonds is 6. The van der Waals surface area contributed by atoms with Crippen LogP contribution < -0.4 is 5.73 Å². The molecule has 0 fully saturated rings. The molecule has 0 saturated heterocycles. The Bertz CT molecular complexity index is 1450. The van der Waals surface area contributed by atoms with E-state index >= 15 is 0 Å². The summed E-state index contributed by atoms with van der Waals surface area (Å²) >= 11 is 0. The number of halogens is 1. The van der Waals surface area contributed by atoms with Gasteiger partial charge in [-0.15, -0.1) is 0 Å². The molecule has 0 aliphatic carbocycles. The first-order valence-electron chi connectivity index (χ1n) is 11.2. The highest BCUT2D eigenvalue weighted by molar-refractivity contribution is 7.86. The van der Waals surface area contributed by atoms with Crippen LogP contribution in [0.25, 0.3) is 0 Å². The summed E-state index contributed by atoms with van der Waals surface area (Å²) < 4.78 is 112. The molecule has 8 nitrogen and oxygen atoms in total. The normalized spacial score (nSPS) is 24.0. The van der Waals surface area contributed by atoms with Crippen molar-refractivity contribution in [2.45, 2.75) is 11.8 Å². The van der Waals surface area contributed by atoms with Gasteiger partial charge >= 0.3 is 16.1 Å². The molecule has 0 bridgehead atoms. The van der Waals surface area contributed by atoms with Crippen molar-refractivity contribution in [2.75, 3.05) is 0 Å². The molecule has 1 aliphatic heterocycles. The van der Waals surface area contributed by atoms with E-state index in [4.69, 9.17) is 26.5 Å². The molecule has 1 atom stereocenters. The van der Waals surface area contributed by atoms with Gasteiger partial charge in [0.2, 0.25) is 17.4 Å². The number of benzene rings is 2. The van der Waals surface area contributed by atoms with Crippen LogP contribution in [0.3, 0.4) is 0 Å². The van der Waals surface area contributed by atoms with Gasteiger partial charge in [0, 0.05) is 5.56 Å². The van der Waals surface area contributed by atoms with Crippen LogP contribution in [0.5, 0.6) is 0 Å². The zero-order chi connectivity index (χ0) is 27.5. The predicted octanol–water partition coefficient (Wildman–Crippen LogP) is 1.84. The lowest BCUT2D eigenvalue weighted by atomic mass is 10.0. The van der Waals surface area contributed by atoms with Crippen molar-refractivity contribution in [1.82, 2.24) is 0 Å². The molecule has 0 unspecified atom stereocenters. The standard InChI is InChI=1S/C18H14FNO7S/c19-13-8-11(6-7-12(13)18(22)23)15-14(21)16(17(20)26-15)27-28(24,25)9-10-4-2-1-3-5-10/h1-8,15H,9,20H2,(H,22,23)/t15-/m0/s1/i1D,2D,3D,4D,5D,9D2,15D. The van der Waals surface area contributed by atoms with E-state index in [1.807, 2.05) is 0 Å². The maximum Gasteiger partial charge on any atom is 0.338 e. The van der Waals surface area contributed by atoms with E-state index in [0.29, 0.717) is 12.1 Å². The van der Waals surface area contributed by atoms with Crippen molar-refractivity contribution >= 4 is 21.9 Å². The Labute approximate surface area is 170 Å². The Morgan fingerprint density at radius 3 is 2.68 bits per heavy atom. The lowest BCUT2D eigenvalue weighted by Gasteiger charge is -2.11. The van der Waals surface area contributed by atoms with Crippen LogP contribution in [0, 0.1) is 5.82 Å². The minimum absolute atomic E-state index is 0.463. The molecule has 3 rings (SSSR count). The quantitative estimate of drug-likeness (QED) is 0.683. The lowest BCUT2D eigenvalue weighted by Crippen LogP contribution is -2.16. The SMILES string of the molecule is [2H]c1c([2H])c([2H])c(C([2H])([2H])S(=O)(=O)OC2=C(N)O[C@@]([2H])(c3ccc(C(=O)O)c(F)c3)C2=O)c([2H])c1[2H]. The Morgan fingerprint density at radius 1 is 1.39 bits per heavy atom. The summed E-state index contributed by atoms with van der Waals surface area (Å²) in [5.74, 6) is -7.18. The number of aromatic carboxylic acids is 1. The summed E-state index contributed by atoms with van der Waals surface area (Å²) in [4.78, 5) is 23.8. The Kier molecular flexibility index (Phi) is 2.99. The van der Waals surface area contributed by atoms with Gasteiger partial charge in [-0.2, -0.15) is 8.42 Å². The largest absolute Gasteiger partial charge is 0.478 e. The third kappa shape index (κ3) is 3.96. The van der Waals surface area contributed by atoms with Crippen LogP contribution in [0.4, 0.5) is 4.39 Å². The lowest BCUT2D eigenvalue weighted by molar-refractivity contribution is -0.123. The molecular weight excluding hydrogens is 393 g/mol. The molecule has 2 aromatic rings. The third-order valence-corrected chi connectivity index (χ3v) is 4.07. The average molecular weight is 415 g/mol. The first-order valence-corrected chi connectivity index (χ1v) is 8.57. The van der Waals surface area contributed by atoms with Gasteiger partial charge in [0.05, 0.1) is 16.5 Å². The molecule has 10 heteroatoms. The number of carboxylic acids is 1. The minimum atomic E-state index is -5.72. The highest BCUT2D eigenvalue weighted by Crippen LogP contribution is 2.33. The topological polar surface area (TPSA) is 133 Å². The minimum Gasteiger partial charge on any atom is -0.478 e. The van der Waals surface area contributed by atoms with Gasteiger partial charge in [-0.05, 0) is 17.7 Å². The summed E-state index contributed by atoms with van der Waals surface area (Å²) in [6, 6.07) is -3.39. The smallest absolute Gasteiger partial charge is 0.338 e. The van der Waals surface area contributed by atoms with Gasteiger partial charge in [0.15, 0.2) is 6.08 Å². The van der Waals surface area contributed by atoms with Gasteiger partial charge in [0.25, 0.3) is 0 Å². The highest BCUT2D eigenvalue weighted by Gasteiger charge is 2.40. The zero-order valence-corrected chi connectivity index (χ0v) is 14.3. The molecular formula is C18H14FNO7S. The van der Waals surface area contributed by atoms with Crippen LogP contribution in [0.2, 0.25) is 0 Å². The van der Waals surface area contributed by atoms with Crippen LogP contribution in [-0.2, 0) is 29.5 Å². The van der Waals surface area contributed by atoms with Crippen molar-refractivity contribution < 1.29 is 47.4 Å². The first kappa shape index (κ1) is 11.4. The molecule has 1 aliphatic rings. The maximum atomic E-state index is 14.1. The number of ketones is 1. The van der Waals surface area contributed by atoms with Gasteiger partial charge in [-0.3, -0.25) is 4.79 Å². The molecule has 28 heavy (non-hydrogen) atoms. The second kappa shape index (κ2) is 7.31. The molecule has 0 radical (unpaired) electrons. The van der Waals surface area contributed by atoms with E-state index in [0.717, 1.165) is 6.07 Å². The van der Waals surface area contributed by atoms with Crippen LogP contribution in [0.1, 0.15) is 38.5 Å². The Morgan fingerprint density at radius 2 is 2.07 bits per heavy atom. The second-order valence-electron chi connectivity index (χ2n) is 5.09. The van der Waals surface area contributed by atoms with E-state index in [1.54, 1.807) is 0 Å². The van der Waals surface area contributed by atoms with E-state index in [1.165, 1.54) is 0 Å². The third-order valence-electron chi connectivity index (χ3n) is 3.23. The number of Topliss-reactive ketones (excluding diaryl/α,β-unsaturated/α-hetero) is 1. The fourth-order valence-corrected chi connectivity index (χ4v) is 2.84. The highest BCUT2D eigenvalue weighted by atomic mass is 32.2. The van der Waals surface area contributed by atoms with Gasteiger partial charge < -0.3 is 19.8 Å². The first-order chi connectivity index (χ1) is 16.4. The summed E-state index contributed by atoms with van der Waals surface area (Å²) in [6.07, 6.45) is -2.95. The molecule has 0 aromatic heterocycles. The predicted molar refractivity (Wildman–Crippen MR) is 93.6 cm³/mol. The Hall–Kier alpha value is -3.40. The molecule has 146 valence electrons. The number of hydrogen-bond donors (Lipinski definition) is 2. The molecule has 0 amide bonds. The monoisotopic (exact) mass is 415 g/mol. The van der Waals surface area contributed by atoms with Gasteiger partial charge in [-0.25, -0.2) is 9.18 Å². The van der Waals surface area contributed by atoms with Crippen molar-refractivity contribution in [3.8, 4) is 0 Å². The van der Waals surface area contributed by atoms with E-state index in [9.17, 15) is 22.4 Å². The number of ether oxygens (including phenoxy) is 1. The number of carbonyl (C=O) groups is 2. The Balaban J connectivity index is 2.04. The fraction of sp³-hybridized carbons (Fsp3) is 0.111. The summed E-state index contributed by atoms with van der Waals surface area (Å²) in [6.45, 7) is 0. The molecule has 1 heterocycles. The van der Waals surface area contributed by atoms with Crippen LogP contribution >= 0.6 is 0 Å². The zero-order valence-electron chi connectivity index (χ0n) is 21.5. The summed E-state index contributed by atoms with van der Waals surface area (Å²) in [7, 11) is -5.72. The number of nitrogens with two attached hydrogens (primary N) is 1. The summed E-state index contributed by atoms with van der Waals surface area (Å²) in [5.41, 5.74) is -1.10. The molecule has 2 aromatic carbocycles. The van der Waals surface area contributed by atoms with Crippen LogP contribution in [0.15, 0.2) is 60.1 Å². The van der Waals surface area contributed by atoms with E-state index < -0.39 is 98.0 Å². The second-order valence-corrected chi connectivity index (χ2v) is 6.37. The number of hydrogen-bond acceptors (Lipinski definition) is 7. The van der Waals surface area contributed by atoms with Crippen molar-refractivity contribution in [3.63, 3.8) is 0 Å². The van der Waals surface area contributed by atoms with Gasteiger partial charge in [-0.1, -0.05) is 36.3 Å². The number of carboxylic acid groups (broad SMARTS) is 1. The van der Waals surface area contributed by atoms with E-state index in [2.05, 4.69) is 4.18 Å². The van der Waals surface area contributed by atoms with Crippen LogP contribution in [-0.4, -0.2) is 25.3 Å². The summed E-state index contributed by atoms with van der Waals surface area (Å²) in [5, 5.41) is 8.91. The average Bonchev–Trinajstić information content (AvgIpc) is 2.99. The maximum absolute atomic E-state index is 14.1. The number of carbonyl (C=O) groups excluding carboxylic acids is 1. The van der Waals surface area contributed by atoms with Gasteiger partial charge in [0.1, 0.15) is 11.5 Å². The van der Waals surface area contributed by atoms with Crippen molar-refractivity contribution in [1.29, 1.82) is 0 Å². The molecule has 0 saturated carbocycles. The molecule has 0 spiro atoms. The van der Waals surface area contributed by atoms with Crippen molar-refractivity contribution in [3.05, 3.63) is 82.6 Å². The fourth-order valence-electron chi connectivity index (χ4n) is 2.07. The molecule has 3 N–H and O–H groups in total.